The molecule has 0 saturated heterocycles. The fourth-order valence-electron chi connectivity index (χ4n) is 3.22. The number of nitrogens with two attached hydrogens (primary N) is 1. The number of rotatable bonds is 6. The molecule has 0 aliphatic carbocycles. The molecule has 6 nitrogen and oxygen atoms in total. The minimum absolute atomic E-state index is 0.331. The number of benzene rings is 2. The summed E-state index contributed by atoms with van der Waals surface area (Å²) >= 11 is 0. The number of hydrogen-bond donors (Lipinski definition) is 3. The van der Waals surface area contributed by atoms with Crippen molar-refractivity contribution in [2.24, 2.45) is 5.73 Å². The number of amides is 2. The number of primary amides is 1. The first-order valence-electron chi connectivity index (χ1n) is 8.56. The molecule has 3 atom stereocenters. The Hall–Kier alpha value is -2.86. The zero-order valence-corrected chi connectivity index (χ0v) is 14.5. The number of carbonyl (C=O) groups is 2. The number of para-hydroxylation sites is 1. The van der Waals surface area contributed by atoms with E-state index in [0.29, 0.717) is 17.9 Å². The molecule has 3 unspecified atom stereocenters. The summed E-state index contributed by atoms with van der Waals surface area (Å²) in [7, 11) is 0. The Labute approximate surface area is 152 Å². The predicted molar refractivity (Wildman–Crippen MR) is 96.6 cm³/mol. The molecule has 4 N–H and O–H groups in total. The summed E-state index contributed by atoms with van der Waals surface area (Å²) in [6.07, 6.45) is -0.695. The molecule has 0 spiro atoms. The average Bonchev–Trinajstić information content (AvgIpc) is 3.14. The molecule has 0 aromatic heterocycles. The predicted octanol–water partition coefficient (Wildman–Crippen LogP) is 1.43. The van der Waals surface area contributed by atoms with E-state index in [1.807, 2.05) is 36.4 Å². The van der Waals surface area contributed by atoms with E-state index in [9.17, 15) is 14.7 Å². The van der Waals surface area contributed by atoms with Crippen LogP contribution in [0.3, 0.4) is 0 Å². The van der Waals surface area contributed by atoms with Gasteiger partial charge in [-0.05, 0) is 11.1 Å². The highest BCUT2D eigenvalue weighted by molar-refractivity contribution is 5.90. The van der Waals surface area contributed by atoms with Crippen LogP contribution in [0.4, 0.5) is 0 Å². The van der Waals surface area contributed by atoms with Crippen LogP contribution in [0.1, 0.15) is 35.6 Å². The Morgan fingerprint density at radius 1 is 1.15 bits per heavy atom. The van der Waals surface area contributed by atoms with Crippen LogP contribution < -0.4 is 15.8 Å². The van der Waals surface area contributed by atoms with Crippen molar-refractivity contribution >= 4 is 11.8 Å². The lowest BCUT2D eigenvalue weighted by Crippen LogP contribution is -2.49. The van der Waals surface area contributed by atoms with Crippen molar-refractivity contribution in [1.29, 1.82) is 0 Å². The summed E-state index contributed by atoms with van der Waals surface area (Å²) in [6.45, 7) is 2.33. The maximum atomic E-state index is 12.6. The zero-order valence-electron chi connectivity index (χ0n) is 14.5. The number of ether oxygens (including phenoxy) is 1. The van der Waals surface area contributed by atoms with Crippen LogP contribution in [0.15, 0.2) is 48.5 Å². The Morgan fingerprint density at radius 3 is 2.58 bits per heavy atom. The van der Waals surface area contributed by atoms with Crippen LogP contribution in [0.5, 0.6) is 5.75 Å². The number of aliphatic hydroxyl groups excluding tert-OH is 1. The molecule has 3 rings (SSSR count). The van der Waals surface area contributed by atoms with Crippen molar-refractivity contribution in [3.05, 3.63) is 65.2 Å². The van der Waals surface area contributed by atoms with E-state index >= 15 is 0 Å². The quantitative estimate of drug-likeness (QED) is 0.730. The van der Waals surface area contributed by atoms with Gasteiger partial charge >= 0.3 is 0 Å². The molecule has 136 valence electrons. The third-order valence-electron chi connectivity index (χ3n) is 4.72. The number of carbonyl (C=O) groups excluding carboxylic acids is 2. The van der Waals surface area contributed by atoms with Crippen molar-refractivity contribution in [2.45, 2.75) is 31.4 Å². The van der Waals surface area contributed by atoms with E-state index in [1.165, 1.54) is 0 Å². The second kappa shape index (κ2) is 7.58. The van der Waals surface area contributed by atoms with Gasteiger partial charge in [-0.15, -0.1) is 0 Å². The van der Waals surface area contributed by atoms with Crippen molar-refractivity contribution in [1.82, 2.24) is 5.32 Å². The van der Waals surface area contributed by atoms with Crippen molar-refractivity contribution in [3.8, 4) is 5.75 Å². The molecule has 2 amide bonds. The van der Waals surface area contributed by atoms with Crippen LogP contribution in [-0.4, -0.2) is 29.6 Å². The number of nitrogens with one attached hydrogen (secondary N) is 1. The van der Waals surface area contributed by atoms with Crippen LogP contribution in [0.2, 0.25) is 0 Å². The molecule has 6 heteroatoms. The van der Waals surface area contributed by atoms with E-state index in [1.54, 1.807) is 19.1 Å². The van der Waals surface area contributed by atoms with E-state index in [-0.39, 0.29) is 5.92 Å². The molecule has 0 saturated carbocycles. The van der Waals surface area contributed by atoms with Gasteiger partial charge < -0.3 is 20.9 Å². The van der Waals surface area contributed by atoms with Gasteiger partial charge in [-0.2, -0.15) is 0 Å². The van der Waals surface area contributed by atoms with E-state index in [2.05, 4.69) is 5.32 Å². The third kappa shape index (κ3) is 3.55. The number of aliphatic hydroxyl groups is 1. The van der Waals surface area contributed by atoms with Gasteiger partial charge in [0.2, 0.25) is 5.91 Å². The average molecular weight is 354 g/mol. The first-order chi connectivity index (χ1) is 12.5. The van der Waals surface area contributed by atoms with Crippen molar-refractivity contribution in [3.63, 3.8) is 0 Å². The van der Waals surface area contributed by atoms with Gasteiger partial charge in [0.25, 0.3) is 5.91 Å². The highest BCUT2D eigenvalue weighted by Crippen LogP contribution is 2.33. The highest BCUT2D eigenvalue weighted by Gasteiger charge is 2.31. The Kier molecular flexibility index (Phi) is 5.23. The molecule has 2 aromatic carbocycles. The smallest absolute Gasteiger partial charge is 0.254 e. The fraction of sp³-hybridized carbons (Fsp3) is 0.300. The molecular formula is C20H22N2O4. The maximum absolute atomic E-state index is 12.6. The summed E-state index contributed by atoms with van der Waals surface area (Å²) in [6, 6.07) is 13.7. The third-order valence-corrected chi connectivity index (χ3v) is 4.72. The van der Waals surface area contributed by atoms with Gasteiger partial charge in [0, 0.05) is 17.9 Å². The summed E-state index contributed by atoms with van der Waals surface area (Å²) in [5.41, 5.74) is 7.72. The first kappa shape index (κ1) is 17.9. The fourth-order valence-corrected chi connectivity index (χ4v) is 3.22. The van der Waals surface area contributed by atoms with E-state index in [4.69, 9.17) is 10.5 Å². The standard InChI is InChI=1S/C20H22N2O4/c1-12(13-6-3-2-4-7-13)16(19(21)24)22-20(25)17(23)15-9-5-8-14-10-11-26-18(14)15/h2-9,12,16-17,23H,10-11H2,1H3,(H2,21,24)(H,22,25). The maximum Gasteiger partial charge on any atom is 0.254 e. The minimum atomic E-state index is -1.44. The van der Waals surface area contributed by atoms with E-state index in [0.717, 1.165) is 17.5 Å². The molecule has 1 heterocycles. The molecule has 1 aliphatic rings. The SMILES string of the molecule is CC(c1ccccc1)C(NC(=O)C(O)c1cccc2c1OCC2)C(N)=O. The molecular weight excluding hydrogens is 332 g/mol. The van der Waals surface area contributed by atoms with Crippen LogP contribution in [0, 0.1) is 0 Å². The lowest BCUT2D eigenvalue weighted by molar-refractivity contribution is -0.133. The van der Waals surface area contributed by atoms with Gasteiger partial charge in [0.05, 0.1) is 6.61 Å². The van der Waals surface area contributed by atoms with Crippen molar-refractivity contribution in [2.75, 3.05) is 6.61 Å². The zero-order chi connectivity index (χ0) is 18.7. The van der Waals surface area contributed by atoms with Gasteiger partial charge in [-0.25, -0.2) is 0 Å². The summed E-state index contributed by atoms with van der Waals surface area (Å²) in [4.78, 5) is 24.5. The summed E-state index contributed by atoms with van der Waals surface area (Å²) in [5, 5.41) is 13.1. The second-order valence-electron chi connectivity index (χ2n) is 6.42. The lowest BCUT2D eigenvalue weighted by atomic mass is 9.92. The highest BCUT2D eigenvalue weighted by atomic mass is 16.5. The number of hydrogen-bond acceptors (Lipinski definition) is 4. The van der Waals surface area contributed by atoms with Gasteiger partial charge in [-0.1, -0.05) is 55.5 Å². The van der Waals surface area contributed by atoms with Crippen LogP contribution in [0.25, 0.3) is 0 Å². The van der Waals surface area contributed by atoms with Gasteiger partial charge in [0.15, 0.2) is 6.10 Å². The van der Waals surface area contributed by atoms with Gasteiger partial charge in [-0.3, -0.25) is 9.59 Å². The summed E-state index contributed by atoms with van der Waals surface area (Å²) < 4.78 is 5.54. The monoisotopic (exact) mass is 354 g/mol. The Balaban J connectivity index is 1.78. The molecule has 26 heavy (non-hydrogen) atoms. The molecule has 2 aromatic rings. The van der Waals surface area contributed by atoms with Crippen LogP contribution in [-0.2, 0) is 16.0 Å². The first-order valence-corrected chi connectivity index (χ1v) is 8.56. The second-order valence-corrected chi connectivity index (χ2v) is 6.42. The summed E-state index contributed by atoms with van der Waals surface area (Å²) in [5.74, 6) is -1.12. The van der Waals surface area contributed by atoms with Crippen LogP contribution >= 0.6 is 0 Å². The van der Waals surface area contributed by atoms with Gasteiger partial charge in [0.1, 0.15) is 11.8 Å². The molecule has 0 radical (unpaired) electrons. The Bertz CT molecular complexity index is 807. The lowest BCUT2D eigenvalue weighted by Gasteiger charge is -2.24. The topological polar surface area (TPSA) is 102 Å². The normalized spacial score (nSPS) is 16.1. The van der Waals surface area contributed by atoms with E-state index < -0.39 is 24.0 Å². The van der Waals surface area contributed by atoms with Crippen molar-refractivity contribution < 1.29 is 19.4 Å². The largest absolute Gasteiger partial charge is 0.493 e. The molecule has 0 bridgehead atoms. The number of fused-ring (bicyclic) bond motifs is 1. The Morgan fingerprint density at radius 2 is 1.88 bits per heavy atom. The molecule has 0 fully saturated rings. The molecule has 1 aliphatic heterocycles. The minimum Gasteiger partial charge on any atom is -0.493 e.